The molecule has 0 aliphatic carbocycles. The molecule has 16 heavy (non-hydrogen) atoms. The highest BCUT2D eigenvalue weighted by Gasteiger charge is 2.11. The van der Waals surface area contributed by atoms with E-state index >= 15 is 0 Å². The van der Waals surface area contributed by atoms with Gasteiger partial charge in [0.2, 0.25) is 0 Å². The Kier molecular flexibility index (Phi) is 5.76. The van der Waals surface area contributed by atoms with E-state index in [1.165, 1.54) is 0 Å². The summed E-state index contributed by atoms with van der Waals surface area (Å²) in [7, 11) is -0.912. The van der Waals surface area contributed by atoms with Gasteiger partial charge in [-0.1, -0.05) is 36.2 Å². The van der Waals surface area contributed by atoms with Crippen molar-refractivity contribution in [3.63, 3.8) is 0 Å². The molecule has 0 aromatic heterocycles. The van der Waals surface area contributed by atoms with Crippen LogP contribution in [0.25, 0.3) is 0 Å². The minimum atomic E-state index is -0.912. The van der Waals surface area contributed by atoms with E-state index in [9.17, 15) is 4.21 Å². The summed E-state index contributed by atoms with van der Waals surface area (Å²) in [5.74, 6) is 0.498. The zero-order valence-electron chi connectivity index (χ0n) is 9.08. The van der Waals surface area contributed by atoms with E-state index in [1.807, 2.05) is 13.0 Å². The fourth-order valence-electron chi connectivity index (χ4n) is 1.30. The van der Waals surface area contributed by atoms with Crippen molar-refractivity contribution in [1.29, 1.82) is 0 Å². The molecular weight excluding hydrogens is 265 g/mol. The van der Waals surface area contributed by atoms with Gasteiger partial charge in [-0.2, -0.15) is 0 Å². The fourth-order valence-corrected chi connectivity index (χ4v) is 2.81. The highest BCUT2D eigenvalue weighted by molar-refractivity contribution is 7.84. The Morgan fingerprint density at radius 2 is 2.06 bits per heavy atom. The minimum absolute atomic E-state index is 0.111. The molecule has 1 aromatic rings. The second kappa shape index (κ2) is 6.60. The van der Waals surface area contributed by atoms with E-state index in [1.54, 1.807) is 12.1 Å². The second-order valence-corrected chi connectivity index (χ2v) is 6.33. The smallest absolute Gasteiger partial charge is 0.0595 e. The van der Waals surface area contributed by atoms with Crippen molar-refractivity contribution in [3.8, 4) is 0 Å². The normalized spacial score (nSPS) is 14.8. The molecule has 5 heteroatoms. The van der Waals surface area contributed by atoms with E-state index in [-0.39, 0.29) is 5.25 Å². The average Bonchev–Trinajstić information content (AvgIpc) is 2.24. The quantitative estimate of drug-likeness (QED) is 0.901. The maximum absolute atomic E-state index is 11.9. The Labute approximate surface area is 109 Å². The van der Waals surface area contributed by atoms with Gasteiger partial charge in [0.1, 0.15) is 0 Å². The van der Waals surface area contributed by atoms with Crippen LogP contribution >= 0.6 is 23.2 Å². The molecule has 1 aromatic carbocycles. The maximum atomic E-state index is 11.9. The van der Waals surface area contributed by atoms with Crippen molar-refractivity contribution in [2.75, 3.05) is 6.54 Å². The first-order valence-electron chi connectivity index (χ1n) is 5.05. The lowest BCUT2D eigenvalue weighted by Crippen LogP contribution is -2.17. The molecule has 0 radical (unpaired) electrons. The molecule has 0 saturated carbocycles. The van der Waals surface area contributed by atoms with E-state index in [0.717, 1.165) is 12.0 Å². The molecule has 2 nitrogen and oxygen atoms in total. The van der Waals surface area contributed by atoms with Crippen LogP contribution in [0.1, 0.15) is 18.9 Å². The van der Waals surface area contributed by atoms with E-state index < -0.39 is 10.8 Å². The molecule has 2 N–H and O–H groups in total. The standard InChI is InChI=1S/C11H15Cl2NOS/c1-8(4-5-14)16(15)7-9-2-3-10(12)11(13)6-9/h2-3,6,8H,4-5,7,14H2,1H3. The van der Waals surface area contributed by atoms with Crippen LogP contribution in [-0.4, -0.2) is 16.0 Å². The van der Waals surface area contributed by atoms with Crippen molar-refractivity contribution in [2.24, 2.45) is 5.73 Å². The van der Waals surface area contributed by atoms with Crippen molar-refractivity contribution < 1.29 is 4.21 Å². The van der Waals surface area contributed by atoms with Gasteiger partial charge in [-0.3, -0.25) is 4.21 Å². The summed E-state index contributed by atoms with van der Waals surface area (Å²) in [5.41, 5.74) is 6.37. The van der Waals surface area contributed by atoms with Crippen LogP contribution < -0.4 is 5.73 Å². The number of hydrogen-bond acceptors (Lipinski definition) is 2. The highest BCUT2D eigenvalue weighted by atomic mass is 35.5. The van der Waals surface area contributed by atoms with Gasteiger partial charge in [0.25, 0.3) is 0 Å². The van der Waals surface area contributed by atoms with Crippen LogP contribution in [0.4, 0.5) is 0 Å². The molecule has 0 bridgehead atoms. The zero-order valence-corrected chi connectivity index (χ0v) is 11.4. The van der Waals surface area contributed by atoms with Gasteiger partial charge in [0, 0.05) is 21.8 Å². The van der Waals surface area contributed by atoms with E-state index in [2.05, 4.69) is 0 Å². The Bertz CT molecular complexity index is 384. The van der Waals surface area contributed by atoms with Crippen LogP contribution in [0.3, 0.4) is 0 Å². The van der Waals surface area contributed by atoms with Crippen LogP contribution in [0, 0.1) is 0 Å². The van der Waals surface area contributed by atoms with E-state index in [4.69, 9.17) is 28.9 Å². The number of nitrogens with two attached hydrogens (primary N) is 1. The molecule has 0 heterocycles. The molecule has 2 unspecified atom stereocenters. The number of hydrogen-bond donors (Lipinski definition) is 1. The van der Waals surface area contributed by atoms with Crippen LogP contribution in [0.5, 0.6) is 0 Å². The summed E-state index contributed by atoms with van der Waals surface area (Å²) in [5, 5.41) is 1.13. The molecule has 0 amide bonds. The monoisotopic (exact) mass is 279 g/mol. The summed E-state index contributed by atoms with van der Waals surface area (Å²) in [6.07, 6.45) is 0.772. The number of halogens is 2. The van der Waals surface area contributed by atoms with Gasteiger partial charge in [-0.15, -0.1) is 0 Å². The fraction of sp³-hybridized carbons (Fsp3) is 0.455. The van der Waals surface area contributed by atoms with E-state index in [0.29, 0.717) is 22.3 Å². The predicted octanol–water partition coefficient (Wildman–Crippen LogP) is 2.98. The van der Waals surface area contributed by atoms with Crippen molar-refractivity contribution in [2.45, 2.75) is 24.3 Å². The van der Waals surface area contributed by atoms with Crippen molar-refractivity contribution >= 4 is 34.0 Å². The maximum Gasteiger partial charge on any atom is 0.0595 e. The van der Waals surface area contributed by atoms with Crippen molar-refractivity contribution in [3.05, 3.63) is 33.8 Å². The van der Waals surface area contributed by atoms with Gasteiger partial charge in [0.05, 0.1) is 10.0 Å². The first-order valence-corrected chi connectivity index (χ1v) is 7.19. The Morgan fingerprint density at radius 3 is 2.62 bits per heavy atom. The molecule has 0 fully saturated rings. The molecule has 1 rings (SSSR count). The molecular formula is C11H15Cl2NOS. The predicted molar refractivity (Wildman–Crippen MR) is 71.4 cm³/mol. The van der Waals surface area contributed by atoms with Gasteiger partial charge in [-0.25, -0.2) is 0 Å². The van der Waals surface area contributed by atoms with Crippen LogP contribution in [0.2, 0.25) is 10.0 Å². The first kappa shape index (κ1) is 14.0. The van der Waals surface area contributed by atoms with Crippen molar-refractivity contribution in [1.82, 2.24) is 0 Å². The van der Waals surface area contributed by atoms with Crippen LogP contribution in [-0.2, 0) is 16.6 Å². The lowest BCUT2D eigenvalue weighted by Gasteiger charge is -2.10. The first-order chi connectivity index (χ1) is 7.54. The number of benzene rings is 1. The minimum Gasteiger partial charge on any atom is -0.330 e. The molecule has 2 atom stereocenters. The third-order valence-corrected chi connectivity index (χ3v) is 4.81. The largest absolute Gasteiger partial charge is 0.330 e. The topological polar surface area (TPSA) is 43.1 Å². The molecule has 0 aliphatic heterocycles. The Morgan fingerprint density at radius 1 is 1.38 bits per heavy atom. The summed E-state index contributed by atoms with van der Waals surface area (Å²) in [4.78, 5) is 0. The molecule has 0 spiro atoms. The Balaban J connectivity index is 2.66. The third kappa shape index (κ3) is 4.06. The lowest BCUT2D eigenvalue weighted by atomic mass is 10.2. The molecule has 90 valence electrons. The summed E-state index contributed by atoms with van der Waals surface area (Å²) < 4.78 is 11.9. The lowest BCUT2D eigenvalue weighted by molar-refractivity contribution is 0.665. The zero-order chi connectivity index (χ0) is 12.1. The van der Waals surface area contributed by atoms with Crippen LogP contribution in [0.15, 0.2) is 18.2 Å². The van der Waals surface area contributed by atoms with Gasteiger partial charge < -0.3 is 5.73 Å². The molecule has 0 aliphatic rings. The second-order valence-electron chi connectivity index (χ2n) is 3.66. The average molecular weight is 280 g/mol. The summed E-state index contributed by atoms with van der Waals surface area (Å²) >= 11 is 11.7. The van der Waals surface area contributed by atoms with Gasteiger partial charge >= 0.3 is 0 Å². The van der Waals surface area contributed by atoms with Gasteiger partial charge in [0.15, 0.2) is 0 Å². The highest BCUT2D eigenvalue weighted by Crippen LogP contribution is 2.23. The molecule has 0 saturated heterocycles. The SMILES string of the molecule is CC(CCN)S(=O)Cc1ccc(Cl)c(Cl)c1. The summed E-state index contributed by atoms with van der Waals surface area (Å²) in [6, 6.07) is 5.34. The Hall–Kier alpha value is -0.0900. The number of rotatable bonds is 5. The van der Waals surface area contributed by atoms with Gasteiger partial charge in [-0.05, 0) is 30.7 Å². The third-order valence-electron chi connectivity index (χ3n) is 2.31. The summed E-state index contributed by atoms with van der Waals surface area (Å²) in [6.45, 7) is 2.51.